The maximum Gasteiger partial charge on any atom is 0.407 e. The molecule has 0 aromatic carbocycles. The van der Waals surface area contributed by atoms with E-state index in [1.807, 2.05) is 32.9 Å². The average molecular weight is 352 g/mol. The number of rotatable bonds is 8. The van der Waals surface area contributed by atoms with E-state index in [1.165, 1.54) is 0 Å². The number of hydrogen-bond acceptors (Lipinski definition) is 4. The molecular formula is C18H32N4O3. The third-order valence-corrected chi connectivity index (χ3v) is 3.29. The van der Waals surface area contributed by atoms with Gasteiger partial charge in [-0.1, -0.05) is 6.92 Å². The number of guanidine groups is 1. The maximum atomic E-state index is 11.6. The first-order valence-corrected chi connectivity index (χ1v) is 8.84. The Hall–Kier alpha value is -2.18. The van der Waals surface area contributed by atoms with Crippen molar-refractivity contribution >= 4 is 12.1 Å². The molecule has 1 unspecified atom stereocenters. The number of alkyl carbamates (subject to hydrolysis) is 1. The van der Waals surface area contributed by atoms with Crippen molar-refractivity contribution in [3.05, 3.63) is 24.2 Å². The summed E-state index contributed by atoms with van der Waals surface area (Å²) in [5, 5.41) is 9.28. The fraction of sp³-hybridized carbons (Fsp3) is 0.667. The van der Waals surface area contributed by atoms with Crippen LogP contribution in [0.4, 0.5) is 4.79 Å². The minimum Gasteiger partial charge on any atom is -0.469 e. The van der Waals surface area contributed by atoms with Crippen LogP contribution in [0.2, 0.25) is 0 Å². The first-order chi connectivity index (χ1) is 11.8. The number of carbonyl (C=O) groups is 1. The molecule has 1 heterocycles. The molecule has 7 nitrogen and oxygen atoms in total. The summed E-state index contributed by atoms with van der Waals surface area (Å²) in [6.45, 7) is 11.4. The van der Waals surface area contributed by atoms with Gasteiger partial charge in [0.2, 0.25) is 0 Å². The smallest absolute Gasteiger partial charge is 0.407 e. The van der Waals surface area contributed by atoms with E-state index in [9.17, 15) is 4.79 Å². The molecule has 0 aliphatic heterocycles. The summed E-state index contributed by atoms with van der Waals surface area (Å²) >= 11 is 0. The molecule has 1 amide bonds. The number of amides is 1. The number of furan rings is 1. The van der Waals surface area contributed by atoms with E-state index < -0.39 is 11.7 Å². The van der Waals surface area contributed by atoms with Crippen molar-refractivity contribution in [1.29, 1.82) is 0 Å². The summed E-state index contributed by atoms with van der Waals surface area (Å²) in [4.78, 5) is 16.2. The fourth-order valence-electron chi connectivity index (χ4n) is 1.88. The van der Waals surface area contributed by atoms with Crippen LogP contribution >= 0.6 is 0 Å². The second kappa shape index (κ2) is 10.6. The van der Waals surface area contributed by atoms with E-state index in [-0.39, 0.29) is 0 Å². The lowest BCUT2D eigenvalue weighted by Gasteiger charge is -2.20. The minimum absolute atomic E-state index is 0.314. The van der Waals surface area contributed by atoms with Crippen molar-refractivity contribution < 1.29 is 13.9 Å². The quantitative estimate of drug-likeness (QED) is 0.380. The van der Waals surface area contributed by atoms with Crippen LogP contribution in [-0.4, -0.2) is 43.3 Å². The molecule has 3 N–H and O–H groups in total. The summed E-state index contributed by atoms with van der Waals surface area (Å²) < 4.78 is 10.5. The molecule has 1 atom stereocenters. The van der Waals surface area contributed by atoms with Gasteiger partial charge in [-0.3, -0.25) is 4.99 Å². The Kier molecular flexibility index (Phi) is 8.88. The second-order valence-electron chi connectivity index (χ2n) is 6.87. The molecule has 0 radical (unpaired) electrons. The van der Waals surface area contributed by atoms with Crippen LogP contribution in [0.15, 0.2) is 27.8 Å². The molecular weight excluding hydrogens is 320 g/mol. The Labute approximate surface area is 150 Å². The predicted molar refractivity (Wildman–Crippen MR) is 99.8 cm³/mol. The molecule has 0 fully saturated rings. The van der Waals surface area contributed by atoms with E-state index in [0.29, 0.717) is 25.7 Å². The highest BCUT2D eigenvalue weighted by molar-refractivity contribution is 5.80. The van der Waals surface area contributed by atoms with Crippen LogP contribution < -0.4 is 16.0 Å². The third kappa shape index (κ3) is 10.3. The van der Waals surface area contributed by atoms with Crippen LogP contribution in [0.25, 0.3) is 0 Å². The van der Waals surface area contributed by atoms with E-state index in [0.717, 1.165) is 24.6 Å². The first kappa shape index (κ1) is 20.9. The van der Waals surface area contributed by atoms with E-state index in [4.69, 9.17) is 9.15 Å². The maximum absolute atomic E-state index is 11.6. The highest BCUT2D eigenvalue weighted by atomic mass is 16.6. The highest BCUT2D eigenvalue weighted by Crippen LogP contribution is 2.06. The van der Waals surface area contributed by atoms with Gasteiger partial charge in [0.15, 0.2) is 5.96 Å². The zero-order valence-electron chi connectivity index (χ0n) is 16.0. The molecule has 0 aliphatic carbocycles. The predicted octanol–water partition coefficient (Wildman–Crippen LogP) is 2.68. The van der Waals surface area contributed by atoms with Gasteiger partial charge in [-0.05, 0) is 46.2 Å². The normalized spacial score (nSPS) is 13.2. The molecule has 25 heavy (non-hydrogen) atoms. The van der Waals surface area contributed by atoms with Crippen LogP contribution in [0.3, 0.4) is 0 Å². The molecule has 1 aromatic rings. The Balaban J connectivity index is 2.38. The zero-order chi connectivity index (χ0) is 18.7. The van der Waals surface area contributed by atoms with Crippen molar-refractivity contribution in [2.75, 3.05) is 19.6 Å². The van der Waals surface area contributed by atoms with Crippen molar-refractivity contribution in [2.24, 2.45) is 4.99 Å². The van der Waals surface area contributed by atoms with Gasteiger partial charge in [-0.2, -0.15) is 0 Å². The van der Waals surface area contributed by atoms with Crippen molar-refractivity contribution in [3.8, 4) is 0 Å². The topological polar surface area (TPSA) is 87.9 Å². The first-order valence-electron chi connectivity index (χ1n) is 8.84. The van der Waals surface area contributed by atoms with Crippen molar-refractivity contribution in [3.63, 3.8) is 0 Å². The van der Waals surface area contributed by atoms with Crippen LogP contribution in [0.5, 0.6) is 0 Å². The Morgan fingerprint density at radius 2 is 2.04 bits per heavy atom. The van der Waals surface area contributed by atoms with Crippen LogP contribution in [-0.2, 0) is 11.2 Å². The van der Waals surface area contributed by atoms with Gasteiger partial charge in [0, 0.05) is 32.1 Å². The molecule has 0 aliphatic rings. The Bertz CT molecular complexity index is 521. The average Bonchev–Trinajstić information content (AvgIpc) is 3.02. The largest absolute Gasteiger partial charge is 0.469 e. The number of nitrogens with one attached hydrogen (secondary N) is 3. The summed E-state index contributed by atoms with van der Waals surface area (Å²) in [6, 6.07) is 4.13. The lowest BCUT2D eigenvalue weighted by atomic mass is 10.2. The molecule has 0 spiro atoms. The zero-order valence-corrected chi connectivity index (χ0v) is 16.0. The summed E-state index contributed by atoms with van der Waals surface area (Å²) in [7, 11) is 0. The van der Waals surface area contributed by atoms with E-state index in [2.05, 4.69) is 34.8 Å². The monoisotopic (exact) mass is 352 g/mol. The van der Waals surface area contributed by atoms with Gasteiger partial charge >= 0.3 is 6.09 Å². The van der Waals surface area contributed by atoms with Crippen LogP contribution in [0, 0.1) is 0 Å². The van der Waals surface area contributed by atoms with Gasteiger partial charge in [0.05, 0.1) is 6.26 Å². The molecule has 1 rings (SSSR count). The molecule has 0 saturated heterocycles. The third-order valence-electron chi connectivity index (χ3n) is 3.29. The van der Waals surface area contributed by atoms with Crippen molar-refractivity contribution in [1.82, 2.24) is 16.0 Å². The number of hydrogen-bond donors (Lipinski definition) is 3. The van der Waals surface area contributed by atoms with E-state index >= 15 is 0 Å². The van der Waals surface area contributed by atoms with Gasteiger partial charge in [0.1, 0.15) is 11.4 Å². The summed E-state index contributed by atoms with van der Waals surface area (Å²) in [5.41, 5.74) is -0.492. The Morgan fingerprint density at radius 1 is 1.32 bits per heavy atom. The van der Waals surface area contributed by atoms with Gasteiger partial charge < -0.3 is 25.1 Å². The minimum atomic E-state index is -0.492. The highest BCUT2D eigenvalue weighted by Gasteiger charge is 2.15. The lowest BCUT2D eigenvalue weighted by Crippen LogP contribution is -2.45. The van der Waals surface area contributed by atoms with Gasteiger partial charge in [0.25, 0.3) is 0 Å². The molecule has 0 bridgehead atoms. The summed E-state index contributed by atoms with van der Waals surface area (Å²) in [5.74, 6) is 1.64. The second-order valence-corrected chi connectivity index (χ2v) is 6.87. The molecule has 142 valence electrons. The Morgan fingerprint density at radius 3 is 2.64 bits per heavy atom. The SMILES string of the molecule is CCC(C)NC(=NCCc1ccco1)NCCNC(=O)OC(C)(C)C. The number of nitrogens with zero attached hydrogens (tertiary/aromatic N) is 1. The van der Waals surface area contributed by atoms with Crippen molar-refractivity contribution in [2.45, 2.75) is 59.1 Å². The van der Waals surface area contributed by atoms with Gasteiger partial charge in [-0.15, -0.1) is 0 Å². The lowest BCUT2D eigenvalue weighted by molar-refractivity contribution is 0.0529. The van der Waals surface area contributed by atoms with E-state index in [1.54, 1.807) is 6.26 Å². The van der Waals surface area contributed by atoms with Crippen LogP contribution in [0.1, 0.15) is 46.8 Å². The number of carbonyl (C=O) groups excluding carboxylic acids is 1. The molecule has 1 aromatic heterocycles. The standard InChI is InChI=1S/C18H32N4O3/c1-6-14(2)22-16(19-10-9-15-8-7-13-24-15)20-11-12-21-17(23)25-18(3,4)5/h7-8,13-14H,6,9-12H2,1-5H3,(H,21,23)(H2,19,20,22). The molecule has 7 heteroatoms. The fourth-order valence-corrected chi connectivity index (χ4v) is 1.88. The molecule has 0 saturated carbocycles. The summed E-state index contributed by atoms with van der Waals surface area (Å²) in [6.07, 6.45) is 2.99. The number of ether oxygens (including phenoxy) is 1. The van der Waals surface area contributed by atoms with Gasteiger partial charge in [-0.25, -0.2) is 4.79 Å². The number of aliphatic imine (C=N–C) groups is 1.